The van der Waals surface area contributed by atoms with Gasteiger partial charge in [0.05, 0.1) is 0 Å². The Morgan fingerprint density at radius 3 is 2.17 bits per heavy atom. The van der Waals surface area contributed by atoms with E-state index < -0.39 is 5.76 Å². The van der Waals surface area contributed by atoms with Crippen LogP contribution in [0.5, 0.6) is 0 Å². The Labute approximate surface area is 39.9 Å². The highest BCUT2D eigenvalue weighted by atomic mass is 32.2. The molecule has 0 nitrogen and oxygen atoms in total. The third-order valence-corrected chi connectivity index (χ3v) is 0.878. The second-order valence-electron chi connectivity index (χ2n) is 0.716. The molecule has 0 amide bonds. The second kappa shape index (κ2) is 3.40. The van der Waals surface area contributed by atoms with Crippen molar-refractivity contribution in [3.63, 3.8) is 0 Å². The molecule has 0 rings (SSSR count). The summed E-state index contributed by atoms with van der Waals surface area (Å²) in [6.45, 7) is 1.71. The van der Waals surface area contributed by atoms with Crippen molar-refractivity contribution in [3.8, 4) is 0 Å². The zero-order chi connectivity index (χ0) is 4.99. The summed E-state index contributed by atoms with van der Waals surface area (Å²) in [5, 5.41) is 0. The van der Waals surface area contributed by atoms with E-state index in [0.29, 0.717) is 17.5 Å². The predicted molar refractivity (Wildman–Crippen MR) is 24.1 cm³/mol. The van der Waals surface area contributed by atoms with Gasteiger partial charge in [0.15, 0.2) is 0 Å². The normalized spacial score (nSPS) is 10.0. The number of hydrogen-bond donors (Lipinski definition) is 0. The fourth-order valence-corrected chi connectivity index (χ4v) is 0.378. The topological polar surface area (TPSA) is 0 Å². The number of halogens is 2. The highest BCUT2D eigenvalue weighted by Crippen LogP contribution is 2.10. The third kappa shape index (κ3) is 4.21. The van der Waals surface area contributed by atoms with E-state index in [1.165, 1.54) is 0 Å². The monoisotopic (exact) mass is 112 g/mol. The number of hydrogen-bond acceptors (Lipinski definition) is 1. The third-order valence-electron chi connectivity index (χ3n) is 0.293. The van der Waals surface area contributed by atoms with Crippen molar-refractivity contribution in [2.45, 2.75) is 12.7 Å². The minimum absolute atomic E-state index is 0.498. The molecule has 0 aromatic carbocycles. The average Bonchev–Trinajstić information content (AvgIpc) is 1.35. The molecule has 6 heavy (non-hydrogen) atoms. The maximum Gasteiger partial charge on any atom is 0.284 e. The van der Waals surface area contributed by atoms with Crippen LogP contribution in [-0.4, -0.2) is 11.5 Å². The van der Waals surface area contributed by atoms with Crippen molar-refractivity contribution in [2.24, 2.45) is 0 Å². The largest absolute Gasteiger partial charge is 0.284 e. The lowest BCUT2D eigenvalue weighted by molar-refractivity contribution is 0.252. The summed E-state index contributed by atoms with van der Waals surface area (Å²) < 4.78 is 22.0. The van der Waals surface area contributed by atoms with Crippen LogP contribution in [0.4, 0.5) is 8.78 Å². The highest BCUT2D eigenvalue weighted by molar-refractivity contribution is 7.99. The standard InChI is InChI=1S/C3H6F2S/c1-2-6-3(4)5/h3H,2H2,1H3. The van der Waals surface area contributed by atoms with E-state index in [2.05, 4.69) is 0 Å². The zero-order valence-corrected chi connectivity index (χ0v) is 4.27. The van der Waals surface area contributed by atoms with E-state index in [1.54, 1.807) is 6.92 Å². The van der Waals surface area contributed by atoms with E-state index in [4.69, 9.17) is 0 Å². The Kier molecular flexibility index (Phi) is 3.52. The smallest absolute Gasteiger partial charge is 0.198 e. The van der Waals surface area contributed by atoms with Gasteiger partial charge in [-0.15, -0.1) is 0 Å². The molecule has 0 aliphatic heterocycles. The maximum atomic E-state index is 11.0. The summed E-state index contributed by atoms with van der Waals surface area (Å²) in [6.07, 6.45) is 0. The van der Waals surface area contributed by atoms with Gasteiger partial charge in [0.1, 0.15) is 0 Å². The van der Waals surface area contributed by atoms with Gasteiger partial charge in [-0.1, -0.05) is 18.7 Å². The molecule has 0 atom stereocenters. The van der Waals surface area contributed by atoms with Gasteiger partial charge in [-0.25, -0.2) is 0 Å². The molecule has 0 heterocycles. The van der Waals surface area contributed by atoms with Crippen LogP contribution < -0.4 is 0 Å². The van der Waals surface area contributed by atoms with Crippen molar-refractivity contribution < 1.29 is 8.78 Å². The van der Waals surface area contributed by atoms with Crippen molar-refractivity contribution in [2.75, 3.05) is 5.75 Å². The van der Waals surface area contributed by atoms with Crippen LogP contribution in [0.25, 0.3) is 0 Å². The molecule has 0 unspecified atom stereocenters. The summed E-state index contributed by atoms with van der Waals surface area (Å²) >= 11 is 0.653. The molecule has 0 aliphatic carbocycles. The lowest BCUT2D eigenvalue weighted by atomic mass is 11.0. The SMILES string of the molecule is CCSC(F)F. The number of alkyl halides is 2. The summed E-state index contributed by atoms with van der Waals surface area (Å²) in [6, 6.07) is 0. The molecule has 0 bridgehead atoms. The van der Waals surface area contributed by atoms with Gasteiger partial charge in [-0.05, 0) is 5.75 Å². The Hall–Kier alpha value is 0.210. The molecule has 0 saturated heterocycles. The quantitative estimate of drug-likeness (QED) is 0.526. The molecule has 0 N–H and O–H groups in total. The molecule has 38 valence electrons. The molecular formula is C3H6F2S. The van der Waals surface area contributed by atoms with E-state index in [9.17, 15) is 8.78 Å². The fourth-order valence-electron chi connectivity index (χ4n) is 0.126. The molecular weight excluding hydrogens is 106 g/mol. The number of rotatable bonds is 2. The maximum absolute atomic E-state index is 11.0. The Morgan fingerprint density at radius 2 is 2.17 bits per heavy atom. The first-order valence-electron chi connectivity index (χ1n) is 1.67. The zero-order valence-electron chi connectivity index (χ0n) is 3.45. The van der Waals surface area contributed by atoms with E-state index in [0.717, 1.165) is 0 Å². The lowest BCUT2D eigenvalue weighted by Gasteiger charge is -1.88. The van der Waals surface area contributed by atoms with Crippen LogP contribution in [0.1, 0.15) is 6.92 Å². The van der Waals surface area contributed by atoms with Crippen LogP contribution in [0, 0.1) is 0 Å². The van der Waals surface area contributed by atoms with Crippen LogP contribution in [0.3, 0.4) is 0 Å². The summed E-state index contributed by atoms with van der Waals surface area (Å²) in [5.41, 5.74) is 0. The van der Waals surface area contributed by atoms with Gasteiger partial charge in [0, 0.05) is 0 Å². The Balaban J connectivity index is 2.63. The lowest BCUT2D eigenvalue weighted by Crippen LogP contribution is -1.78. The van der Waals surface area contributed by atoms with Crippen LogP contribution >= 0.6 is 11.8 Å². The minimum Gasteiger partial charge on any atom is -0.198 e. The molecule has 0 aromatic rings. The number of thioether (sulfide) groups is 1. The predicted octanol–water partition coefficient (Wildman–Crippen LogP) is 1.96. The summed E-state index contributed by atoms with van der Waals surface area (Å²) in [4.78, 5) is 0. The van der Waals surface area contributed by atoms with Crippen LogP contribution in [0.2, 0.25) is 0 Å². The van der Waals surface area contributed by atoms with Gasteiger partial charge in [-0.2, -0.15) is 8.78 Å². The highest BCUT2D eigenvalue weighted by Gasteiger charge is 1.95. The molecule has 0 spiro atoms. The second-order valence-corrected chi connectivity index (χ2v) is 1.98. The molecule has 0 aromatic heterocycles. The first-order valence-corrected chi connectivity index (χ1v) is 2.72. The van der Waals surface area contributed by atoms with E-state index in [1.807, 2.05) is 0 Å². The van der Waals surface area contributed by atoms with Crippen molar-refractivity contribution in [1.29, 1.82) is 0 Å². The molecule has 0 saturated carbocycles. The van der Waals surface area contributed by atoms with Crippen molar-refractivity contribution in [1.82, 2.24) is 0 Å². The Bertz CT molecular complexity index is 30.0. The average molecular weight is 112 g/mol. The molecule has 0 radical (unpaired) electrons. The van der Waals surface area contributed by atoms with Crippen molar-refractivity contribution >= 4 is 11.8 Å². The van der Waals surface area contributed by atoms with Gasteiger partial charge in [0.2, 0.25) is 0 Å². The van der Waals surface area contributed by atoms with Gasteiger partial charge in [-0.3, -0.25) is 0 Å². The molecule has 3 heteroatoms. The molecule has 0 aliphatic rings. The van der Waals surface area contributed by atoms with Gasteiger partial charge < -0.3 is 0 Å². The fraction of sp³-hybridized carbons (Fsp3) is 1.00. The first kappa shape index (κ1) is 6.21. The first-order chi connectivity index (χ1) is 2.77. The van der Waals surface area contributed by atoms with Gasteiger partial charge >= 0.3 is 0 Å². The van der Waals surface area contributed by atoms with E-state index in [-0.39, 0.29) is 0 Å². The summed E-state index contributed by atoms with van der Waals surface area (Å²) in [7, 11) is 0. The van der Waals surface area contributed by atoms with Crippen LogP contribution in [0.15, 0.2) is 0 Å². The molecule has 0 fully saturated rings. The minimum atomic E-state index is -2.19. The summed E-state index contributed by atoms with van der Waals surface area (Å²) in [5.74, 6) is -1.69. The van der Waals surface area contributed by atoms with E-state index >= 15 is 0 Å². The van der Waals surface area contributed by atoms with Gasteiger partial charge in [0.25, 0.3) is 5.76 Å². The van der Waals surface area contributed by atoms with Crippen molar-refractivity contribution in [3.05, 3.63) is 0 Å². The Morgan fingerprint density at radius 1 is 1.67 bits per heavy atom. The van der Waals surface area contributed by atoms with Crippen LogP contribution in [-0.2, 0) is 0 Å².